The summed E-state index contributed by atoms with van der Waals surface area (Å²) in [4.78, 5) is 4.38. The van der Waals surface area contributed by atoms with E-state index in [2.05, 4.69) is 15.4 Å². The third-order valence-corrected chi connectivity index (χ3v) is 3.59. The molecule has 1 N–H and O–H groups in total. The Labute approximate surface area is 121 Å². The summed E-state index contributed by atoms with van der Waals surface area (Å²) in [5.41, 5.74) is 2.47. The number of nitrogens with one attached hydrogen (secondary N) is 1. The van der Waals surface area contributed by atoms with E-state index in [0.717, 1.165) is 42.8 Å². The fraction of sp³-hybridized carbons (Fsp3) is 0.333. The van der Waals surface area contributed by atoms with Crippen molar-refractivity contribution in [3.05, 3.63) is 36.7 Å². The Kier molecular flexibility index (Phi) is 3.08. The van der Waals surface area contributed by atoms with Gasteiger partial charge in [0.15, 0.2) is 5.58 Å². The Morgan fingerprint density at radius 3 is 3.14 bits per heavy atom. The molecule has 21 heavy (non-hydrogen) atoms. The van der Waals surface area contributed by atoms with Gasteiger partial charge in [0.05, 0.1) is 24.5 Å². The number of anilines is 2. The fourth-order valence-corrected chi connectivity index (χ4v) is 2.57. The maximum Gasteiger partial charge on any atom is 0.300 e. The zero-order chi connectivity index (χ0) is 14.1. The highest BCUT2D eigenvalue weighted by atomic mass is 16.5. The molecule has 0 spiro atoms. The average Bonchev–Trinajstić information content (AvgIpc) is 3.20. The van der Waals surface area contributed by atoms with Crippen molar-refractivity contribution in [1.82, 2.24) is 14.8 Å². The molecule has 1 fully saturated rings. The molecule has 1 atom stereocenters. The summed E-state index contributed by atoms with van der Waals surface area (Å²) in [5.74, 6) is 0. The number of fused-ring (bicyclic) bond motifs is 1. The molecule has 4 rings (SSSR count). The minimum atomic E-state index is 0.280. The summed E-state index contributed by atoms with van der Waals surface area (Å²) in [5, 5.41) is 7.47. The Hall–Kier alpha value is -2.34. The van der Waals surface area contributed by atoms with Gasteiger partial charge in [0.2, 0.25) is 0 Å². The highest BCUT2D eigenvalue weighted by molar-refractivity contribution is 5.74. The zero-order valence-electron chi connectivity index (χ0n) is 11.5. The SMILES string of the molecule is c1ccc2oc(Nc3cnn(C[C@H]4CCCO4)c3)nc2c1. The standard InChI is InChI=1S/C15H16N4O2/c1-2-6-14-13(5-1)18-15(21-14)17-11-8-16-19(9-11)10-12-4-3-7-20-12/h1-2,5-6,8-9,12H,3-4,7,10H2,(H,17,18)/t12-/m1/s1. The first-order valence-corrected chi connectivity index (χ1v) is 7.13. The molecule has 2 aromatic heterocycles. The second-order valence-electron chi connectivity index (χ2n) is 5.20. The number of hydrogen-bond acceptors (Lipinski definition) is 5. The molecule has 0 bridgehead atoms. The van der Waals surface area contributed by atoms with Gasteiger partial charge in [-0.25, -0.2) is 0 Å². The van der Waals surface area contributed by atoms with Crippen LogP contribution in [0, 0.1) is 0 Å². The van der Waals surface area contributed by atoms with E-state index < -0.39 is 0 Å². The highest BCUT2D eigenvalue weighted by Crippen LogP contribution is 2.22. The molecule has 0 unspecified atom stereocenters. The zero-order valence-corrected chi connectivity index (χ0v) is 11.5. The van der Waals surface area contributed by atoms with Crippen molar-refractivity contribution < 1.29 is 9.15 Å². The average molecular weight is 284 g/mol. The molecule has 0 radical (unpaired) electrons. The van der Waals surface area contributed by atoms with Crippen LogP contribution in [-0.4, -0.2) is 27.5 Å². The van der Waals surface area contributed by atoms with Gasteiger partial charge in [-0.2, -0.15) is 10.1 Å². The number of para-hydroxylation sites is 2. The van der Waals surface area contributed by atoms with Gasteiger partial charge in [0, 0.05) is 12.8 Å². The Morgan fingerprint density at radius 2 is 2.29 bits per heavy atom. The van der Waals surface area contributed by atoms with E-state index >= 15 is 0 Å². The van der Waals surface area contributed by atoms with Crippen LogP contribution >= 0.6 is 0 Å². The lowest BCUT2D eigenvalue weighted by Crippen LogP contribution is -2.15. The summed E-state index contributed by atoms with van der Waals surface area (Å²) in [6.07, 6.45) is 6.23. The molecular weight excluding hydrogens is 268 g/mol. The first-order valence-electron chi connectivity index (χ1n) is 7.13. The van der Waals surface area contributed by atoms with Crippen LogP contribution in [0.2, 0.25) is 0 Å². The van der Waals surface area contributed by atoms with Gasteiger partial charge in [-0.1, -0.05) is 12.1 Å². The minimum Gasteiger partial charge on any atom is -0.423 e. The van der Waals surface area contributed by atoms with Crippen LogP contribution < -0.4 is 5.32 Å². The smallest absolute Gasteiger partial charge is 0.300 e. The van der Waals surface area contributed by atoms with E-state index in [1.165, 1.54) is 0 Å². The van der Waals surface area contributed by atoms with Crippen LogP contribution in [0.25, 0.3) is 11.1 Å². The van der Waals surface area contributed by atoms with Gasteiger partial charge in [-0.05, 0) is 25.0 Å². The van der Waals surface area contributed by atoms with E-state index in [1.807, 2.05) is 35.1 Å². The molecule has 1 aromatic carbocycles. The van der Waals surface area contributed by atoms with E-state index in [4.69, 9.17) is 9.15 Å². The number of nitrogens with zero attached hydrogens (tertiary/aromatic N) is 3. The normalized spacial score (nSPS) is 18.4. The summed E-state index contributed by atoms with van der Waals surface area (Å²) < 4.78 is 13.1. The largest absolute Gasteiger partial charge is 0.423 e. The summed E-state index contributed by atoms with van der Waals surface area (Å²) in [6, 6.07) is 8.16. The quantitative estimate of drug-likeness (QED) is 0.798. The van der Waals surface area contributed by atoms with Crippen LogP contribution in [0.4, 0.5) is 11.7 Å². The third kappa shape index (κ3) is 2.62. The first-order chi connectivity index (χ1) is 10.4. The number of aromatic nitrogens is 3. The molecule has 1 aliphatic rings. The lowest BCUT2D eigenvalue weighted by Gasteiger charge is -2.08. The van der Waals surface area contributed by atoms with Crippen molar-refractivity contribution in [2.24, 2.45) is 0 Å². The molecule has 6 heteroatoms. The van der Waals surface area contributed by atoms with Gasteiger partial charge >= 0.3 is 0 Å². The van der Waals surface area contributed by atoms with Gasteiger partial charge in [-0.15, -0.1) is 0 Å². The molecule has 0 saturated carbocycles. The molecule has 108 valence electrons. The molecule has 6 nitrogen and oxygen atoms in total. The van der Waals surface area contributed by atoms with E-state index in [-0.39, 0.29) is 6.10 Å². The summed E-state index contributed by atoms with van der Waals surface area (Å²) >= 11 is 0. The molecular formula is C15H16N4O2. The second kappa shape index (κ2) is 5.21. The number of ether oxygens (including phenoxy) is 1. The molecule has 3 heterocycles. The lowest BCUT2D eigenvalue weighted by molar-refractivity contribution is 0.0940. The first kappa shape index (κ1) is 12.4. The summed E-state index contributed by atoms with van der Waals surface area (Å²) in [6.45, 7) is 1.65. The maximum atomic E-state index is 5.63. The molecule has 1 saturated heterocycles. The topological polar surface area (TPSA) is 65.1 Å². The Morgan fingerprint density at radius 1 is 1.33 bits per heavy atom. The van der Waals surface area contributed by atoms with Crippen LogP contribution in [0.1, 0.15) is 12.8 Å². The molecule has 0 amide bonds. The summed E-state index contributed by atoms with van der Waals surface area (Å²) in [7, 11) is 0. The van der Waals surface area contributed by atoms with Crippen molar-refractivity contribution >= 4 is 22.8 Å². The Balaban J connectivity index is 1.47. The second-order valence-corrected chi connectivity index (χ2v) is 5.20. The van der Waals surface area contributed by atoms with Crippen molar-refractivity contribution in [1.29, 1.82) is 0 Å². The van der Waals surface area contributed by atoms with Crippen molar-refractivity contribution in [3.8, 4) is 0 Å². The van der Waals surface area contributed by atoms with Crippen LogP contribution in [0.15, 0.2) is 41.1 Å². The van der Waals surface area contributed by atoms with Gasteiger partial charge in [0.25, 0.3) is 6.01 Å². The van der Waals surface area contributed by atoms with Gasteiger partial charge in [-0.3, -0.25) is 4.68 Å². The predicted molar refractivity (Wildman–Crippen MR) is 78.5 cm³/mol. The molecule has 3 aromatic rings. The predicted octanol–water partition coefficient (Wildman–Crippen LogP) is 2.95. The highest BCUT2D eigenvalue weighted by Gasteiger charge is 2.16. The van der Waals surface area contributed by atoms with Crippen LogP contribution in [0.5, 0.6) is 0 Å². The third-order valence-electron chi connectivity index (χ3n) is 3.59. The van der Waals surface area contributed by atoms with Crippen molar-refractivity contribution in [2.75, 3.05) is 11.9 Å². The van der Waals surface area contributed by atoms with E-state index in [9.17, 15) is 0 Å². The van der Waals surface area contributed by atoms with E-state index in [0.29, 0.717) is 6.01 Å². The van der Waals surface area contributed by atoms with Crippen molar-refractivity contribution in [2.45, 2.75) is 25.5 Å². The number of rotatable bonds is 4. The number of hydrogen-bond donors (Lipinski definition) is 1. The van der Waals surface area contributed by atoms with Crippen molar-refractivity contribution in [3.63, 3.8) is 0 Å². The lowest BCUT2D eigenvalue weighted by atomic mass is 10.2. The van der Waals surface area contributed by atoms with E-state index in [1.54, 1.807) is 6.20 Å². The monoisotopic (exact) mass is 284 g/mol. The van der Waals surface area contributed by atoms with Gasteiger partial charge < -0.3 is 14.5 Å². The minimum absolute atomic E-state index is 0.280. The number of benzene rings is 1. The number of oxazole rings is 1. The maximum absolute atomic E-state index is 5.63. The molecule has 0 aliphatic carbocycles. The van der Waals surface area contributed by atoms with Crippen LogP contribution in [0.3, 0.4) is 0 Å². The van der Waals surface area contributed by atoms with Gasteiger partial charge in [0.1, 0.15) is 5.52 Å². The van der Waals surface area contributed by atoms with Crippen LogP contribution in [-0.2, 0) is 11.3 Å². The molecule has 1 aliphatic heterocycles. The Bertz CT molecular complexity index is 710. The fourth-order valence-electron chi connectivity index (χ4n) is 2.57.